The van der Waals surface area contributed by atoms with Gasteiger partial charge in [0, 0.05) is 42.5 Å². The summed E-state index contributed by atoms with van der Waals surface area (Å²) in [4.78, 5) is 21.3. The zero-order valence-electron chi connectivity index (χ0n) is 14.6. The van der Waals surface area contributed by atoms with Crippen LogP contribution < -0.4 is 4.74 Å². The molecule has 0 bridgehead atoms. The van der Waals surface area contributed by atoms with E-state index in [1.807, 2.05) is 4.90 Å². The van der Waals surface area contributed by atoms with Crippen LogP contribution in [-0.4, -0.2) is 53.5 Å². The fourth-order valence-electron chi connectivity index (χ4n) is 3.08. The number of carbonyl (C=O) groups excluding carboxylic acids is 1. The minimum atomic E-state index is 0.0323. The van der Waals surface area contributed by atoms with Gasteiger partial charge in [0.15, 0.2) is 6.61 Å². The quantitative estimate of drug-likeness (QED) is 0.757. The van der Waals surface area contributed by atoms with E-state index < -0.39 is 0 Å². The number of hydrogen-bond donors (Lipinski definition) is 0. The fraction of sp³-hybridized carbons (Fsp3) is 0.474. The van der Waals surface area contributed by atoms with Gasteiger partial charge in [0.2, 0.25) is 0 Å². The number of rotatable bonds is 6. The van der Waals surface area contributed by atoms with Gasteiger partial charge in [-0.2, -0.15) is 0 Å². The average molecular weight is 392 g/mol. The van der Waals surface area contributed by atoms with E-state index >= 15 is 0 Å². The Kier molecular flexibility index (Phi) is 5.43. The average Bonchev–Trinajstić information content (AvgIpc) is 3.41. The summed E-state index contributed by atoms with van der Waals surface area (Å²) in [6.45, 7) is 4.20. The number of aromatic nitrogens is 1. The SMILES string of the molecule is O=C(COc1ccc(Cl)cc1)N1CCN(Cc2nc(C3CC3)cs2)CC1. The summed E-state index contributed by atoms with van der Waals surface area (Å²) in [5.74, 6) is 1.41. The molecule has 2 heterocycles. The van der Waals surface area contributed by atoms with Crippen molar-refractivity contribution in [3.8, 4) is 5.75 Å². The predicted molar refractivity (Wildman–Crippen MR) is 103 cm³/mol. The lowest BCUT2D eigenvalue weighted by Gasteiger charge is -2.34. The van der Waals surface area contributed by atoms with Gasteiger partial charge < -0.3 is 9.64 Å². The number of halogens is 1. The third-order valence-corrected chi connectivity index (χ3v) is 5.93. The van der Waals surface area contributed by atoms with Crippen LogP contribution in [0.4, 0.5) is 0 Å². The second-order valence-corrected chi connectivity index (χ2v) is 8.22. The van der Waals surface area contributed by atoms with Crippen molar-refractivity contribution in [2.75, 3.05) is 32.8 Å². The topological polar surface area (TPSA) is 45.7 Å². The summed E-state index contributed by atoms with van der Waals surface area (Å²) in [7, 11) is 0. The summed E-state index contributed by atoms with van der Waals surface area (Å²) >= 11 is 7.61. The first-order valence-electron chi connectivity index (χ1n) is 9.00. The highest BCUT2D eigenvalue weighted by Crippen LogP contribution is 2.40. The zero-order chi connectivity index (χ0) is 17.9. The van der Waals surface area contributed by atoms with E-state index in [-0.39, 0.29) is 12.5 Å². The van der Waals surface area contributed by atoms with Crippen LogP contribution in [0.2, 0.25) is 5.02 Å². The first kappa shape index (κ1) is 17.8. The smallest absolute Gasteiger partial charge is 0.260 e. The minimum Gasteiger partial charge on any atom is -0.484 e. The van der Waals surface area contributed by atoms with E-state index in [9.17, 15) is 4.79 Å². The third kappa shape index (κ3) is 4.55. The number of benzene rings is 1. The number of ether oxygens (including phenoxy) is 1. The van der Waals surface area contributed by atoms with Gasteiger partial charge in [0.25, 0.3) is 5.91 Å². The Labute approximate surface area is 162 Å². The first-order chi connectivity index (χ1) is 12.7. The molecule has 1 amide bonds. The Bertz CT molecular complexity index is 752. The Morgan fingerprint density at radius 3 is 2.62 bits per heavy atom. The van der Waals surface area contributed by atoms with E-state index in [4.69, 9.17) is 21.3 Å². The van der Waals surface area contributed by atoms with Gasteiger partial charge in [0.1, 0.15) is 10.8 Å². The molecule has 1 saturated heterocycles. The molecule has 5 nitrogen and oxygen atoms in total. The molecular weight excluding hydrogens is 370 g/mol. The monoisotopic (exact) mass is 391 g/mol. The summed E-state index contributed by atoms with van der Waals surface area (Å²) < 4.78 is 5.56. The predicted octanol–water partition coefficient (Wildman–Crippen LogP) is 3.40. The van der Waals surface area contributed by atoms with Crippen molar-refractivity contribution in [3.05, 3.63) is 45.4 Å². The van der Waals surface area contributed by atoms with Crippen LogP contribution in [0, 0.1) is 0 Å². The molecule has 138 valence electrons. The molecule has 1 aliphatic carbocycles. The molecule has 0 radical (unpaired) electrons. The molecule has 2 aliphatic rings. The third-order valence-electron chi connectivity index (χ3n) is 4.82. The second kappa shape index (κ2) is 7.94. The molecule has 0 unspecified atom stereocenters. The Balaban J connectivity index is 1.21. The van der Waals surface area contributed by atoms with E-state index in [0.717, 1.165) is 38.6 Å². The van der Waals surface area contributed by atoms with Crippen LogP contribution in [0.3, 0.4) is 0 Å². The molecule has 1 aromatic carbocycles. The van der Waals surface area contributed by atoms with Crippen LogP contribution >= 0.6 is 22.9 Å². The molecule has 1 saturated carbocycles. The molecule has 0 atom stereocenters. The number of carbonyl (C=O) groups is 1. The zero-order valence-corrected chi connectivity index (χ0v) is 16.1. The molecule has 1 aliphatic heterocycles. The van der Waals surface area contributed by atoms with Gasteiger partial charge >= 0.3 is 0 Å². The van der Waals surface area contributed by atoms with Gasteiger partial charge in [-0.3, -0.25) is 9.69 Å². The molecule has 0 N–H and O–H groups in total. The van der Waals surface area contributed by atoms with E-state index in [2.05, 4.69) is 10.3 Å². The largest absolute Gasteiger partial charge is 0.484 e. The van der Waals surface area contributed by atoms with Crippen molar-refractivity contribution in [3.63, 3.8) is 0 Å². The van der Waals surface area contributed by atoms with E-state index in [0.29, 0.717) is 10.8 Å². The highest BCUT2D eigenvalue weighted by Gasteiger charge is 2.27. The Hall–Kier alpha value is -1.63. The fourth-order valence-corrected chi connectivity index (χ4v) is 4.12. The molecule has 4 rings (SSSR count). The van der Waals surface area contributed by atoms with E-state index in [1.165, 1.54) is 23.5 Å². The molecular formula is C19H22ClN3O2S. The first-order valence-corrected chi connectivity index (χ1v) is 10.3. The lowest BCUT2D eigenvalue weighted by molar-refractivity contribution is -0.135. The number of nitrogens with zero attached hydrogens (tertiary/aromatic N) is 3. The van der Waals surface area contributed by atoms with Gasteiger partial charge in [-0.15, -0.1) is 11.3 Å². The maximum Gasteiger partial charge on any atom is 0.260 e. The summed E-state index contributed by atoms with van der Waals surface area (Å²) in [5, 5.41) is 4.06. The van der Waals surface area contributed by atoms with Crippen molar-refractivity contribution in [2.24, 2.45) is 0 Å². The van der Waals surface area contributed by atoms with Gasteiger partial charge in [-0.05, 0) is 37.1 Å². The Morgan fingerprint density at radius 2 is 1.92 bits per heavy atom. The van der Waals surface area contributed by atoms with Crippen molar-refractivity contribution < 1.29 is 9.53 Å². The maximum absolute atomic E-state index is 12.3. The summed E-state index contributed by atoms with van der Waals surface area (Å²) in [6, 6.07) is 7.07. The lowest BCUT2D eigenvalue weighted by atomic mass is 10.3. The standard InChI is InChI=1S/C19H22ClN3O2S/c20-15-3-5-16(6-4-15)25-12-19(24)23-9-7-22(8-10-23)11-18-21-17(13-26-18)14-1-2-14/h3-6,13-14H,1-2,7-12H2. The summed E-state index contributed by atoms with van der Waals surface area (Å²) in [6.07, 6.45) is 2.59. The maximum atomic E-state index is 12.3. The molecule has 2 aromatic rings. The highest BCUT2D eigenvalue weighted by atomic mass is 35.5. The lowest BCUT2D eigenvalue weighted by Crippen LogP contribution is -2.49. The van der Waals surface area contributed by atoms with Gasteiger partial charge in [0.05, 0.1) is 12.2 Å². The van der Waals surface area contributed by atoms with E-state index in [1.54, 1.807) is 35.6 Å². The van der Waals surface area contributed by atoms with Crippen LogP contribution in [-0.2, 0) is 11.3 Å². The van der Waals surface area contributed by atoms with Crippen molar-refractivity contribution in [1.29, 1.82) is 0 Å². The van der Waals surface area contributed by atoms with Crippen molar-refractivity contribution in [1.82, 2.24) is 14.8 Å². The number of piperazine rings is 1. The molecule has 0 spiro atoms. The molecule has 26 heavy (non-hydrogen) atoms. The molecule has 2 fully saturated rings. The van der Waals surface area contributed by atoms with Crippen LogP contribution in [0.1, 0.15) is 29.5 Å². The number of thiazole rings is 1. The van der Waals surface area contributed by atoms with Crippen LogP contribution in [0.5, 0.6) is 5.75 Å². The van der Waals surface area contributed by atoms with Crippen molar-refractivity contribution in [2.45, 2.75) is 25.3 Å². The second-order valence-electron chi connectivity index (χ2n) is 6.84. The number of amides is 1. The summed E-state index contributed by atoms with van der Waals surface area (Å²) in [5.41, 5.74) is 1.28. The van der Waals surface area contributed by atoms with Gasteiger partial charge in [-0.25, -0.2) is 4.98 Å². The molecule has 1 aromatic heterocycles. The van der Waals surface area contributed by atoms with Gasteiger partial charge in [-0.1, -0.05) is 11.6 Å². The highest BCUT2D eigenvalue weighted by molar-refractivity contribution is 7.09. The van der Waals surface area contributed by atoms with Crippen molar-refractivity contribution >= 4 is 28.8 Å². The van der Waals surface area contributed by atoms with Crippen LogP contribution in [0.15, 0.2) is 29.6 Å². The number of hydrogen-bond acceptors (Lipinski definition) is 5. The molecule has 7 heteroatoms. The normalized spacial score (nSPS) is 18.1. The van der Waals surface area contributed by atoms with Crippen LogP contribution in [0.25, 0.3) is 0 Å². The minimum absolute atomic E-state index is 0.0323. The Morgan fingerprint density at radius 1 is 1.19 bits per heavy atom.